The maximum absolute atomic E-state index is 2.47. The molecule has 0 fully saturated rings. The van der Waals surface area contributed by atoms with Crippen LogP contribution in [0.2, 0.25) is 0 Å². The minimum atomic E-state index is 0.234. The van der Waals surface area contributed by atoms with Crippen LogP contribution in [0.3, 0.4) is 0 Å². The van der Waals surface area contributed by atoms with Gasteiger partial charge in [-0.15, -0.1) is 0 Å². The van der Waals surface area contributed by atoms with Crippen molar-refractivity contribution in [2.75, 3.05) is 0 Å². The van der Waals surface area contributed by atoms with Crippen molar-refractivity contribution in [1.29, 1.82) is 0 Å². The summed E-state index contributed by atoms with van der Waals surface area (Å²) in [6.07, 6.45) is 2.26. The van der Waals surface area contributed by atoms with E-state index in [-0.39, 0.29) is 10.8 Å². The Morgan fingerprint density at radius 1 is 0.667 bits per heavy atom. The van der Waals surface area contributed by atoms with Gasteiger partial charge in [0.15, 0.2) is 0 Å². The fourth-order valence-corrected chi connectivity index (χ4v) is 2.68. The van der Waals surface area contributed by atoms with Crippen LogP contribution in [-0.2, 0) is 23.7 Å². The van der Waals surface area contributed by atoms with Crippen molar-refractivity contribution < 1.29 is 0 Å². The van der Waals surface area contributed by atoms with Crippen LogP contribution in [0, 0.1) is 0 Å². The van der Waals surface area contributed by atoms with Crippen molar-refractivity contribution in [1.82, 2.24) is 0 Å². The summed E-state index contributed by atoms with van der Waals surface area (Å²) in [6, 6.07) is 4.92. The van der Waals surface area contributed by atoms with Gasteiger partial charge in [0.2, 0.25) is 0 Å². The molecule has 0 amide bonds. The summed E-state index contributed by atoms with van der Waals surface area (Å²) in [5, 5.41) is 0. The Kier molecular flexibility index (Phi) is 4.30. The predicted octanol–water partition coefficient (Wildman–Crippen LogP) is 5.41. The molecule has 1 rings (SSSR count). The molecule has 0 aliphatic rings. The zero-order valence-corrected chi connectivity index (χ0v) is 13.6. The van der Waals surface area contributed by atoms with E-state index in [2.05, 4.69) is 67.5 Å². The van der Waals surface area contributed by atoms with Crippen LogP contribution in [0.15, 0.2) is 12.1 Å². The first-order valence-electron chi connectivity index (χ1n) is 7.28. The smallest absolute Gasteiger partial charge is 0.0129 e. The van der Waals surface area contributed by atoms with E-state index in [1.165, 1.54) is 22.3 Å². The van der Waals surface area contributed by atoms with E-state index in [1.807, 2.05) is 0 Å². The first kappa shape index (κ1) is 15.3. The van der Waals surface area contributed by atoms with Crippen LogP contribution in [0.5, 0.6) is 0 Å². The molecule has 1 aromatic carbocycles. The normalized spacial score (nSPS) is 12.9. The number of rotatable bonds is 2. The second-order valence-electron chi connectivity index (χ2n) is 7.37. The minimum absolute atomic E-state index is 0.234. The van der Waals surface area contributed by atoms with Crippen LogP contribution in [0.1, 0.15) is 77.6 Å². The van der Waals surface area contributed by atoms with E-state index >= 15 is 0 Å². The second kappa shape index (κ2) is 5.07. The van der Waals surface area contributed by atoms with Crippen LogP contribution >= 0.6 is 0 Å². The van der Waals surface area contributed by atoms with Gasteiger partial charge in [0.05, 0.1) is 0 Å². The van der Waals surface area contributed by atoms with E-state index in [9.17, 15) is 0 Å². The Bertz CT molecular complexity index is 374. The first-order chi connectivity index (χ1) is 8.11. The number of hydrogen-bond acceptors (Lipinski definition) is 0. The van der Waals surface area contributed by atoms with Crippen molar-refractivity contribution >= 4 is 0 Å². The maximum Gasteiger partial charge on any atom is -0.0129 e. The summed E-state index contributed by atoms with van der Waals surface area (Å²) in [4.78, 5) is 0. The summed E-state index contributed by atoms with van der Waals surface area (Å²) in [6.45, 7) is 18.4. The third-order valence-corrected chi connectivity index (χ3v) is 3.71. The Hall–Kier alpha value is -0.780. The zero-order valence-electron chi connectivity index (χ0n) is 13.6. The number of aryl methyl sites for hydroxylation is 2. The fourth-order valence-electron chi connectivity index (χ4n) is 2.68. The Labute approximate surface area is 114 Å². The van der Waals surface area contributed by atoms with Gasteiger partial charge in [0.25, 0.3) is 0 Å². The average molecular weight is 246 g/mol. The Morgan fingerprint density at radius 2 is 1.00 bits per heavy atom. The molecule has 102 valence electrons. The highest BCUT2D eigenvalue weighted by Gasteiger charge is 2.23. The predicted molar refractivity (Wildman–Crippen MR) is 82.6 cm³/mol. The summed E-state index contributed by atoms with van der Waals surface area (Å²) < 4.78 is 0. The van der Waals surface area contributed by atoms with Gasteiger partial charge < -0.3 is 0 Å². The minimum Gasteiger partial charge on any atom is -0.0613 e. The Balaban J connectivity index is 3.55. The van der Waals surface area contributed by atoms with Gasteiger partial charge in [0.1, 0.15) is 0 Å². The lowest BCUT2D eigenvalue weighted by Gasteiger charge is -2.29. The van der Waals surface area contributed by atoms with Gasteiger partial charge in [-0.25, -0.2) is 0 Å². The topological polar surface area (TPSA) is 0 Å². The lowest BCUT2D eigenvalue weighted by molar-refractivity contribution is 0.559. The quantitative estimate of drug-likeness (QED) is 0.655. The number of benzene rings is 1. The third kappa shape index (κ3) is 3.16. The third-order valence-electron chi connectivity index (χ3n) is 3.71. The molecule has 0 bridgehead atoms. The van der Waals surface area contributed by atoms with Crippen LogP contribution < -0.4 is 0 Å². The molecular weight excluding hydrogens is 216 g/mol. The van der Waals surface area contributed by atoms with Gasteiger partial charge in [0, 0.05) is 0 Å². The molecule has 0 aliphatic heterocycles. The molecule has 0 heterocycles. The maximum atomic E-state index is 2.47. The largest absolute Gasteiger partial charge is 0.0613 e. The van der Waals surface area contributed by atoms with Gasteiger partial charge in [-0.2, -0.15) is 0 Å². The lowest BCUT2D eigenvalue weighted by Crippen LogP contribution is -2.20. The van der Waals surface area contributed by atoms with Crippen LogP contribution in [0.25, 0.3) is 0 Å². The van der Waals surface area contributed by atoms with E-state index in [1.54, 1.807) is 0 Å². The molecule has 0 aliphatic carbocycles. The molecule has 0 aromatic heterocycles. The molecule has 0 radical (unpaired) electrons. The summed E-state index contributed by atoms with van der Waals surface area (Å²) in [5.41, 5.74) is 6.55. The van der Waals surface area contributed by atoms with Crippen molar-refractivity contribution in [3.05, 3.63) is 34.4 Å². The standard InChI is InChI=1S/C18H30/c1-9-13-11-14(10-2)16(18(6,7)8)12-15(13)17(3,4)5/h11-12H,9-10H2,1-8H3. The molecule has 0 N–H and O–H groups in total. The van der Waals surface area contributed by atoms with Crippen molar-refractivity contribution in [2.24, 2.45) is 0 Å². The van der Waals surface area contributed by atoms with E-state index in [4.69, 9.17) is 0 Å². The van der Waals surface area contributed by atoms with Crippen LogP contribution in [-0.4, -0.2) is 0 Å². The fraction of sp³-hybridized carbons (Fsp3) is 0.667. The SMILES string of the molecule is CCc1cc(CC)c(C(C)(C)C)cc1C(C)(C)C. The molecule has 0 atom stereocenters. The molecule has 0 spiro atoms. The summed E-state index contributed by atoms with van der Waals surface area (Å²) in [7, 11) is 0. The summed E-state index contributed by atoms with van der Waals surface area (Å²) in [5.74, 6) is 0. The molecule has 0 saturated carbocycles. The highest BCUT2D eigenvalue weighted by molar-refractivity contribution is 5.44. The van der Waals surface area contributed by atoms with E-state index < -0.39 is 0 Å². The molecule has 1 aromatic rings. The molecule has 0 nitrogen and oxygen atoms in total. The molecular formula is C18H30. The van der Waals surface area contributed by atoms with Crippen molar-refractivity contribution in [3.8, 4) is 0 Å². The molecule has 0 heteroatoms. The van der Waals surface area contributed by atoms with Gasteiger partial charge in [-0.1, -0.05) is 67.5 Å². The second-order valence-corrected chi connectivity index (χ2v) is 7.37. The van der Waals surface area contributed by atoms with Gasteiger partial charge in [-0.05, 0) is 45.9 Å². The van der Waals surface area contributed by atoms with Gasteiger partial charge >= 0.3 is 0 Å². The molecule has 0 saturated heterocycles. The van der Waals surface area contributed by atoms with Crippen molar-refractivity contribution in [2.45, 2.75) is 79.1 Å². The first-order valence-corrected chi connectivity index (χ1v) is 7.28. The Morgan fingerprint density at radius 3 is 1.22 bits per heavy atom. The average Bonchev–Trinajstić information content (AvgIpc) is 2.24. The monoisotopic (exact) mass is 246 g/mol. The van der Waals surface area contributed by atoms with Crippen molar-refractivity contribution in [3.63, 3.8) is 0 Å². The van der Waals surface area contributed by atoms with E-state index in [0.29, 0.717) is 0 Å². The molecule has 0 unspecified atom stereocenters. The van der Waals surface area contributed by atoms with Crippen LogP contribution in [0.4, 0.5) is 0 Å². The van der Waals surface area contributed by atoms with Gasteiger partial charge in [-0.3, -0.25) is 0 Å². The molecule has 18 heavy (non-hydrogen) atoms. The lowest BCUT2D eigenvalue weighted by atomic mass is 9.75. The highest BCUT2D eigenvalue weighted by Crippen LogP contribution is 2.34. The highest BCUT2D eigenvalue weighted by atomic mass is 14.3. The summed E-state index contributed by atoms with van der Waals surface area (Å²) >= 11 is 0. The number of hydrogen-bond donors (Lipinski definition) is 0. The van der Waals surface area contributed by atoms with E-state index in [0.717, 1.165) is 12.8 Å². The zero-order chi connectivity index (χ0) is 14.1.